The second-order valence-corrected chi connectivity index (χ2v) is 6.08. The van der Waals surface area contributed by atoms with Gasteiger partial charge in [0.15, 0.2) is 0 Å². The van der Waals surface area contributed by atoms with Crippen LogP contribution < -0.4 is 10.2 Å². The maximum Gasteiger partial charge on any atom is 0.268 e. The molecule has 1 atom stereocenters. The number of aliphatic hydroxyl groups is 1. The summed E-state index contributed by atoms with van der Waals surface area (Å²) in [7, 11) is 0. The van der Waals surface area contributed by atoms with Crippen molar-refractivity contribution in [2.45, 2.75) is 32.0 Å². The van der Waals surface area contributed by atoms with E-state index in [1.54, 1.807) is 10.9 Å². The normalized spacial score (nSPS) is 19.8. The lowest BCUT2D eigenvalue weighted by Gasteiger charge is -2.21. The molecule has 7 nitrogen and oxygen atoms in total. The quantitative estimate of drug-likeness (QED) is 0.774. The minimum absolute atomic E-state index is 0.0908. The third kappa shape index (κ3) is 3.30. The molecular weight excluding hydrogens is 346 g/mol. The van der Waals surface area contributed by atoms with E-state index in [0.29, 0.717) is 18.3 Å². The molecule has 1 aromatic carbocycles. The fourth-order valence-electron chi connectivity index (χ4n) is 2.87. The molecule has 3 rings (SSSR count). The van der Waals surface area contributed by atoms with E-state index in [2.05, 4.69) is 10.4 Å². The zero-order chi connectivity index (χ0) is 18.9. The largest absolute Gasteiger partial charge is 0.372 e. The molecule has 0 saturated carbocycles. The third-order valence-electron chi connectivity index (χ3n) is 4.30. The van der Waals surface area contributed by atoms with Crippen molar-refractivity contribution in [2.75, 3.05) is 11.4 Å². The molecule has 0 aliphatic carbocycles. The van der Waals surface area contributed by atoms with E-state index in [9.17, 15) is 23.5 Å². The fraction of sp³-hybridized carbons (Fsp3) is 0.353. The standard InChI is InChI=1S/C17H18F2N4O3/c1-2-22-10-14(9-21-22)23-4-3-17(26,16(23)25)15(24)20-8-11-5-12(18)7-13(19)6-11/h5-7,9-10,26H,2-4,8H2,1H3,(H,20,24)/t17-/m0/s1. The van der Waals surface area contributed by atoms with E-state index in [1.807, 2.05) is 6.92 Å². The first-order valence-electron chi connectivity index (χ1n) is 8.13. The zero-order valence-corrected chi connectivity index (χ0v) is 14.1. The van der Waals surface area contributed by atoms with Crippen LogP contribution in [0.25, 0.3) is 0 Å². The highest BCUT2D eigenvalue weighted by Gasteiger charge is 2.51. The van der Waals surface area contributed by atoms with E-state index in [4.69, 9.17) is 0 Å². The molecule has 2 amide bonds. The van der Waals surface area contributed by atoms with Gasteiger partial charge in [0.1, 0.15) is 11.6 Å². The maximum atomic E-state index is 13.2. The number of rotatable bonds is 5. The van der Waals surface area contributed by atoms with Crippen LogP contribution in [0.4, 0.5) is 14.5 Å². The lowest BCUT2D eigenvalue weighted by molar-refractivity contribution is -0.149. The van der Waals surface area contributed by atoms with Crippen molar-refractivity contribution >= 4 is 17.5 Å². The third-order valence-corrected chi connectivity index (χ3v) is 4.30. The lowest BCUT2D eigenvalue weighted by atomic mass is 10.0. The predicted molar refractivity (Wildman–Crippen MR) is 88.0 cm³/mol. The Morgan fingerprint density at radius 1 is 1.35 bits per heavy atom. The highest BCUT2D eigenvalue weighted by molar-refractivity contribution is 6.16. The van der Waals surface area contributed by atoms with Gasteiger partial charge in [0.05, 0.1) is 11.9 Å². The highest BCUT2D eigenvalue weighted by Crippen LogP contribution is 2.28. The Morgan fingerprint density at radius 2 is 2.04 bits per heavy atom. The van der Waals surface area contributed by atoms with Crippen LogP contribution in [-0.2, 0) is 22.7 Å². The molecule has 1 saturated heterocycles. The van der Waals surface area contributed by atoms with Gasteiger partial charge in [-0.3, -0.25) is 14.3 Å². The van der Waals surface area contributed by atoms with E-state index in [-0.39, 0.29) is 25.1 Å². The molecule has 0 bridgehead atoms. The number of carbonyl (C=O) groups is 2. The Morgan fingerprint density at radius 3 is 2.65 bits per heavy atom. The molecule has 1 fully saturated rings. The first-order valence-corrected chi connectivity index (χ1v) is 8.13. The van der Waals surface area contributed by atoms with Crippen LogP contribution in [0.2, 0.25) is 0 Å². The smallest absolute Gasteiger partial charge is 0.268 e. The molecular formula is C17H18F2N4O3. The summed E-state index contributed by atoms with van der Waals surface area (Å²) in [6.45, 7) is 2.46. The second kappa shape index (κ2) is 6.83. The predicted octanol–water partition coefficient (Wildman–Crippen LogP) is 0.965. The minimum Gasteiger partial charge on any atom is -0.372 e. The van der Waals surface area contributed by atoms with E-state index in [0.717, 1.165) is 12.1 Å². The number of anilines is 1. The summed E-state index contributed by atoms with van der Waals surface area (Å²) in [4.78, 5) is 26.2. The van der Waals surface area contributed by atoms with Crippen molar-refractivity contribution in [3.8, 4) is 0 Å². The van der Waals surface area contributed by atoms with Crippen molar-refractivity contribution in [2.24, 2.45) is 0 Å². The van der Waals surface area contributed by atoms with Crippen molar-refractivity contribution in [3.63, 3.8) is 0 Å². The van der Waals surface area contributed by atoms with E-state index < -0.39 is 29.0 Å². The average molecular weight is 364 g/mol. The molecule has 2 aromatic rings. The first kappa shape index (κ1) is 18.0. The summed E-state index contributed by atoms with van der Waals surface area (Å²) in [5.41, 5.74) is -1.54. The SMILES string of the molecule is CCn1cc(N2CC[C@](O)(C(=O)NCc3cc(F)cc(F)c3)C2=O)cn1. The molecule has 1 aliphatic heterocycles. The van der Waals surface area contributed by atoms with Gasteiger partial charge in [0.25, 0.3) is 11.8 Å². The summed E-state index contributed by atoms with van der Waals surface area (Å²) in [6, 6.07) is 2.85. The molecule has 0 radical (unpaired) electrons. The summed E-state index contributed by atoms with van der Waals surface area (Å²) in [6.07, 6.45) is 3.05. The molecule has 0 unspecified atom stereocenters. The van der Waals surface area contributed by atoms with Gasteiger partial charge in [-0.2, -0.15) is 5.10 Å². The topological polar surface area (TPSA) is 87.5 Å². The number of carbonyl (C=O) groups excluding carboxylic acids is 2. The Hall–Kier alpha value is -2.81. The number of amides is 2. The number of benzene rings is 1. The lowest BCUT2D eigenvalue weighted by Crippen LogP contribution is -2.52. The number of aryl methyl sites for hydroxylation is 1. The van der Waals surface area contributed by atoms with Gasteiger partial charge in [0, 0.05) is 38.3 Å². The van der Waals surface area contributed by atoms with Gasteiger partial charge in [-0.15, -0.1) is 0 Å². The van der Waals surface area contributed by atoms with Gasteiger partial charge in [-0.25, -0.2) is 8.78 Å². The molecule has 1 aliphatic rings. The number of halogens is 2. The Balaban J connectivity index is 1.69. The molecule has 0 spiro atoms. The van der Waals surface area contributed by atoms with Crippen molar-refractivity contribution in [3.05, 3.63) is 47.8 Å². The number of nitrogens with zero attached hydrogens (tertiary/aromatic N) is 3. The van der Waals surface area contributed by atoms with E-state index in [1.165, 1.54) is 11.1 Å². The van der Waals surface area contributed by atoms with Gasteiger partial charge >= 0.3 is 0 Å². The molecule has 26 heavy (non-hydrogen) atoms. The van der Waals surface area contributed by atoms with Crippen molar-refractivity contribution in [1.82, 2.24) is 15.1 Å². The van der Waals surface area contributed by atoms with Crippen molar-refractivity contribution in [1.29, 1.82) is 0 Å². The Labute approximate surface area is 148 Å². The maximum absolute atomic E-state index is 13.2. The molecule has 2 N–H and O–H groups in total. The molecule has 9 heteroatoms. The fourth-order valence-corrected chi connectivity index (χ4v) is 2.87. The van der Waals surface area contributed by atoms with Crippen LogP contribution in [0, 0.1) is 11.6 Å². The van der Waals surface area contributed by atoms with Crippen LogP contribution in [0.15, 0.2) is 30.6 Å². The summed E-state index contributed by atoms with van der Waals surface area (Å²) >= 11 is 0. The number of hydrogen-bond donors (Lipinski definition) is 2. The van der Waals surface area contributed by atoms with Crippen LogP contribution in [0.5, 0.6) is 0 Å². The average Bonchev–Trinajstić information content (AvgIpc) is 3.18. The summed E-state index contributed by atoms with van der Waals surface area (Å²) < 4.78 is 28.0. The van der Waals surface area contributed by atoms with Gasteiger partial charge in [-0.05, 0) is 24.6 Å². The van der Waals surface area contributed by atoms with Crippen LogP contribution in [-0.4, -0.2) is 38.8 Å². The Bertz CT molecular complexity index is 834. The Kier molecular flexibility index (Phi) is 4.73. The van der Waals surface area contributed by atoms with Crippen LogP contribution in [0.3, 0.4) is 0 Å². The van der Waals surface area contributed by atoms with E-state index >= 15 is 0 Å². The van der Waals surface area contributed by atoms with Gasteiger partial charge < -0.3 is 15.3 Å². The summed E-state index contributed by atoms with van der Waals surface area (Å²) in [5, 5.41) is 17.0. The second-order valence-electron chi connectivity index (χ2n) is 6.08. The van der Waals surface area contributed by atoms with Gasteiger partial charge in [-0.1, -0.05) is 0 Å². The van der Waals surface area contributed by atoms with Crippen LogP contribution >= 0.6 is 0 Å². The molecule has 1 aromatic heterocycles. The van der Waals surface area contributed by atoms with Crippen molar-refractivity contribution < 1.29 is 23.5 Å². The van der Waals surface area contributed by atoms with Crippen LogP contribution in [0.1, 0.15) is 18.9 Å². The monoisotopic (exact) mass is 364 g/mol. The highest BCUT2D eigenvalue weighted by atomic mass is 19.1. The zero-order valence-electron chi connectivity index (χ0n) is 14.1. The summed E-state index contributed by atoms with van der Waals surface area (Å²) in [5.74, 6) is -3.21. The first-order chi connectivity index (χ1) is 12.3. The number of aromatic nitrogens is 2. The number of nitrogens with one attached hydrogen (secondary N) is 1. The molecule has 2 heterocycles. The van der Waals surface area contributed by atoms with Gasteiger partial charge in [0.2, 0.25) is 5.60 Å². The minimum atomic E-state index is -2.22. The molecule has 138 valence electrons. The number of hydrogen-bond acceptors (Lipinski definition) is 4.